The molecular weight excluding hydrogens is 154 g/mol. The first kappa shape index (κ1) is 9.59. The Labute approximate surface area is 60.9 Å². The van der Waals surface area contributed by atoms with Crippen molar-refractivity contribution in [2.75, 3.05) is 6.16 Å². The lowest BCUT2D eigenvalue weighted by molar-refractivity contribution is -0.134. The van der Waals surface area contributed by atoms with E-state index < -0.39 is 14.0 Å². The highest BCUT2D eigenvalue weighted by molar-refractivity contribution is 7.37. The molecule has 0 rings (SSSR count). The van der Waals surface area contributed by atoms with Gasteiger partial charge in [0.05, 0.1) is 0 Å². The van der Waals surface area contributed by atoms with Crippen LogP contribution in [0.4, 0.5) is 0 Å². The molecule has 6 heteroatoms. The highest BCUT2D eigenvalue weighted by Gasteiger charge is 2.10. The zero-order valence-electron chi connectivity index (χ0n) is 5.32. The second kappa shape index (κ2) is 5.39. The molecule has 0 saturated heterocycles. The third-order valence-corrected chi connectivity index (χ3v) is 1.56. The molecule has 0 heterocycles. The molecule has 0 aliphatic heterocycles. The third-order valence-electron chi connectivity index (χ3n) is 0.862. The topological polar surface area (TPSA) is 63.6 Å². The molecule has 0 aliphatic rings. The predicted molar refractivity (Wildman–Crippen MR) is 35.8 cm³/mol. The first-order valence-corrected chi connectivity index (χ1v) is 4.09. The molecule has 0 fully saturated rings. The van der Waals surface area contributed by atoms with Crippen molar-refractivity contribution in [3.05, 3.63) is 0 Å². The quantitative estimate of drug-likeness (QED) is 0.469. The number of carbonyl (C=O) groups is 1. The fourth-order valence-corrected chi connectivity index (χ4v) is 0.846. The van der Waals surface area contributed by atoms with Gasteiger partial charge in [0, 0.05) is 12.8 Å². The van der Waals surface area contributed by atoms with Gasteiger partial charge >= 0.3 is 16.1 Å². The summed E-state index contributed by atoms with van der Waals surface area (Å²) < 4.78 is 13.9. The summed E-state index contributed by atoms with van der Waals surface area (Å²) in [6.07, 6.45) is 0.546. The number of carbonyl (C=O) groups excluding carboxylic acids is 1. The number of hydrogen-bond acceptors (Lipinski definition) is 3. The fraction of sp³-hybridized carbons (Fsp3) is 0.750. The summed E-state index contributed by atoms with van der Waals surface area (Å²) in [5.41, 5.74) is 0. The average molecular weight is 161 g/mol. The molecule has 4 nitrogen and oxygen atoms in total. The molecule has 1 unspecified atom stereocenters. The van der Waals surface area contributed by atoms with E-state index in [-0.39, 0.29) is 12.6 Å². The molecule has 0 aromatic carbocycles. The van der Waals surface area contributed by atoms with E-state index in [9.17, 15) is 9.36 Å². The maximum absolute atomic E-state index is 10.3. The fourth-order valence-electron chi connectivity index (χ4n) is 0.418. The van der Waals surface area contributed by atoms with Crippen LogP contribution in [0.1, 0.15) is 12.8 Å². The van der Waals surface area contributed by atoms with E-state index in [2.05, 4.69) is 12.7 Å². The standard InChI is InChI=1S/C4H6BO4P/c5-9-4(6)2-1-3-10(7)8/h1-3H2/p+1. The van der Waals surface area contributed by atoms with Crippen molar-refractivity contribution < 1.29 is 18.9 Å². The summed E-state index contributed by atoms with van der Waals surface area (Å²) in [4.78, 5) is 18.5. The van der Waals surface area contributed by atoms with Crippen LogP contribution in [-0.4, -0.2) is 25.1 Å². The van der Waals surface area contributed by atoms with Crippen molar-refractivity contribution in [3.8, 4) is 0 Å². The molecular formula is C4H7BO4P+. The maximum atomic E-state index is 10.3. The maximum Gasteiger partial charge on any atom is 0.505 e. The molecule has 0 saturated carbocycles. The Kier molecular flexibility index (Phi) is 5.17. The second-order valence-electron chi connectivity index (χ2n) is 1.67. The molecule has 0 aromatic heterocycles. The van der Waals surface area contributed by atoms with Crippen LogP contribution in [0.2, 0.25) is 0 Å². The minimum Gasteiger partial charge on any atom is -0.543 e. The van der Waals surface area contributed by atoms with Crippen molar-refractivity contribution in [1.29, 1.82) is 0 Å². The van der Waals surface area contributed by atoms with Gasteiger partial charge in [0.15, 0.2) is 6.16 Å². The third kappa shape index (κ3) is 5.73. The second-order valence-corrected chi connectivity index (χ2v) is 2.82. The van der Waals surface area contributed by atoms with Crippen molar-refractivity contribution >= 4 is 22.0 Å². The SMILES string of the molecule is [B]OC(=O)CCC[P+](=O)O. The van der Waals surface area contributed by atoms with Gasteiger partial charge in [0.2, 0.25) is 0 Å². The van der Waals surface area contributed by atoms with Gasteiger partial charge in [0.25, 0.3) is 5.97 Å². The zero-order chi connectivity index (χ0) is 7.98. The lowest BCUT2D eigenvalue weighted by Crippen LogP contribution is -2.00. The number of rotatable bonds is 4. The van der Waals surface area contributed by atoms with Gasteiger partial charge in [0.1, 0.15) is 0 Å². The first-order valence-electron chi connectivity index (χ1n) is 2.70. The number of hydrogen-bond donors (Lipinski definition) is 1. The summed E-state index contributed by atoms with van der Waals surface area (Å²) in [7, 11) is 2.37. The van der Waals surface area contributed by atoms with Gasteiger partial charge in [-0.05, 0) is 4.57 Å². The van der Waals surface area contributed by atoms with E-state index in [1.807, 2.05) is 0 Å². The average Bonchev–Trinajstić information content (AvgIpc) is 1.87. The van der Waals surface area contributed by atoms with Crippen molar-refractivity contribution in [3.63, 3.8) is 0 Å². The highest BCUT2D eigenvalue weighted by atomic mass is 31.1. The van der Waals surface area contributed by atoms with E-state index in [0.29, 0.717) is 6.42 Å². The Hall–Kier alpha value is -0.405. The van der Waals surface area contributed by atoms with Gasteiger partial charge in [-0.2, -0.15) is 4.89 Å². The zero-order valence-corrected chi connectivity index (χ0v) is 6.21. The Bertz CT molecular complexity index is 137. The van der Waals surface area contributed by atoms with Gasteiger partial charge < -0.3 is 4.65 Å². The largest absolute Gasteiger partial charge is 0.543 e. The molecule has 0 aromatic rings. The molecule has 10 heavy (non-hydrogen) atoms. The molecule has 1 N–H and O–H groups in total. The first-order chi connectivity index (χ1) is 4.66. The van der Waals surface area contributed by atoms with Crippen LogP contribution in [0.3, 0.4) is 0 Å². The molecule has 0 bridgehead atoms. The van der Waals surface area contributed by atoms with Crippen LogP contribution in [0.5, 0.6) is 0 Å². The van der Waals surface area contributed by atoms with E-state index in [1.54, 1.807) is 0 Å². The Morgan fingerprint density at radius 1 is 1.70 bits per heavy atom. The van der Waals surface area contributed by atoms with Gasteiger partial charge in [-0.25, -0.2) is 0 Å². The normalized spacial score (nSPS) is 10.7. The molecule has 0 aliphatic carbocycles. The van der Waals surface area contributed by atoms with Crippen molar-refractivity contribution in [2.24, 2.45) is 0 Å². The van der Waals surface area contributed by atoms with Gasteiger partial charge in [-0.3, -0.25) is 4.79 Å². The summed E-state index contributed by atoms with van der Waals surface area (Å²) in [5, 5.41) is 0. The molecule has 1 atom stereocenters. The Balaban J connectivity index is 3.20. The highest BCUT2D eigenvalue weighted by Crippen LogP contribution is 2.14. The predicted octanol–water partition coefficient (Wildman–Crippen LogP) is 0.128. The monoisotopic (exact) mass is 161 g/mol. The van der Waals surface area contributed by atoms with Gasteiger partial charge in [-0.1, -0.05) is 0 Å². The van der Waals surface area contributed by atoms with Crippen LogP contribution in [0, 0.1) is 0 Å². The molecule has 0 amide bonds. The van der Waals surface area contributed by atoms with E-state index in [1.165, 1.54) is 0 Å². The van der Waals surface area contributed by atoms with Crippen LogP contribution in [0.25, 0.3) is 0 Å². The van der Waals surface area contributed by atoms with Crippen LogP contribution in [-0.2, 0) is 14.0 Å². The summed E-state index contributed by atoms with van der Waals surface area (Å²) in [6.45, 7) is 0. The van der Waals surface area contributed by atoms with Crippen LogP contribution in [0.15, 0.2) is 0 Å². The molecule has 54 valence electrons. The lowest BCUT2D eigenvalue weighted by Gasteiger charge is -1.92. The Morgan fingerprint density at radius 2 is 2.30 bits per heavy atom. The van der Waals surface area contributed by atoms with Crippen molar-refractivity contribution in [1.82, 2.24) is 0 Å². The van der Waals surface area contributed by atoms with Crippen molar-refractivity contribution in [2.45, 2.75) is 12.8 Å². The van der Waals surface area contributed by atoms with E-state index >= 15 is 0 Å². The molecule has 0 spiro atoms. The summed E-state index contributed by atoms with van der Waals surface area (Å²) in [5.74, 6) is -0.558. The van der Waals surface area contributed by atoms with E-state index in [0.717, 1.165) is 0 Å². The summed E-state index contributed by atoms with van der Waals surface area (Å²) >= 11 is 0. The van der Waals surface area contributed by atoms with E-state index in [4.69, 9.17) is 4.89 Å². The smallest absolute Gasteiger partial charge is 0.505 e. The van der Waals surface area contributed by atoms with Crippen LogP contribution < -0.4 is 0 Å². The van der Waals surface area contributed by atoms with Gasteiger partial charge in [-0.15, -0.1) is 0 Å². The minimum absolute atomic E-state index is 0.0954. The summed E-state index contributed by atoms with van der Waals surface area (Å²) in [6, 6.07) is 0. The van der Waals surface area contributed by atoms with Crippen LogP contribution >= 0.6 is 8.03 Å². The minimum atomic E-state index is -2.13. The molecule has 2 radical (unpaired) electrons. The Morgan fingerprint density at radius 3 is 2.70 bits per heavy atom. The lowest BCUT2D eigenvalue weighted by atomic mass is 10.3.